The summed E-state index contributed by atoms with van der Waals surface area (Å²) in [6.07, 6.45) is 1.06. The molecule has 1 fully saturated rings. The second-order valence-electron chi connectivity index (χ2n) is 7.94. The topological polar surface area (TPSA) is 66.5 Å². The fourth-order valence-corrected chi connectivity index (χ4v) is 3.88. The van der Waals surface area contributed by atoms with E-state index < -0.39 is 10.0 Å². The van der Waals surface area contributed by atoms with Crippen molar-refractivity contribution in [3.63, 3.8) is 0 Å². The minimum Gasteiger partial charge on any atom is -0.339 e. The predicted molar refractivity (Wildman–Crippen MR) is 106 cm³/mol. The molecule has 1 aliphatic rings. The van der Waals surface area contributed by atoms with E-state index in [0.29, 0.717) is 5.56 Å². The summed E-state index contributed by atoms with van der Waals surface area (Å²) in [7, 11) is -3.58. The fraction of sp³-hybridized carbons (Fsp3) is 0.381. The summed E-state index contributed by atoms with van der Waals surface area (Å²) >= 11 is 0. The van der Waals surface area contributed by atoms with E-state index in [9.17, 15) is 13.2 Å². The van der Waals surface area contributed by atoms with Gasteiger partial charge >= 0.3 is 0 Å². The van der Waals surface area contributed by atoms with E-state index in [1.807, 2.05) is 12.1 Å². The first-order valence-electron chi connectivity index (χ1n) is 9.15. The number of sulfonamides is 1. The van der Waals surface area contributed by atoms with Crippen LogP contribution in [0.3, 0.4) is 0 Å². The molecule has 1 saturated heterocycles. The largest absolute Gasteiger partial charge is 0.339 e. The molecule has 0 saturated carbocycles. The van der Waals surface area contributed by atoms with Gasteiger partial charge in [-0.15, -0.1) is 0 Å². The fourth-order valence-electron chi connectivity index (χ4n) is 2.86. The molecule has 27 heavy (non-hydrogen) atoms. The summed E-state index contributed by atoms with van der Waals surface area (Å²) < 4.78 is 27.6. The Morgan fingerprint density at radius 3 is 2.07 bits per heavy atom. The number of amides is 1. The highest BCUT2D eigenvalue weighted by atomic mass is 32.2. The molecule has 0 spiro atoms. The Kier molecular flexibility index (Phi) is 5.40. The van der Waals surface area contributed by atoms with E-state index in [1.165, 1.54) is 0 Å². The Bertz CT molecular complexity index is 907. The minimum absolute atomic E-state index is 0.0229. The molecule has 0 atom stereocenters. The third kappa shape index (κ3) is 4.57. The normalized spacial score (nSPS) is 14.7. The van der Waals surface area contributed by atoms with Crippen molar-refractivity contribution in [1.29, 1.82) is 0 Å². The maximum absolute atomic E-state index is 12.5. The van der Waals surface area contributed by atoms with Crippen LogP contribution < -0.4 is 4.72 Å². The van der Waals surface area contributed by atoms with Crippen LogP contribution in [-0.2, 0) is 22.0 Å². The molecule has 1 amide bonds. The van der Waals surface area contributed by atoms with E-state index in [2.05, 4.69) is 25.5 Å². The zero-order valence-electron chi connectivity index (χ0n) is 16.0. The molecule has 0 aliphatic carbocycles. The first kappa shape index (κ1) is 19.6. The molecule has 0 unspecified atom stereocenters. The number of rotatable bonds is 5. The standard InChI is InChI=1S/C21H26N2O3S/c1-21(2,3)18-9-11-19(12-10-18)27(25,26)22-15-16-5-7-17(8-6-16)20(24)23-13-4-14-23/h5-12,22H,4,13-15H2,1-3H3. The second-order valence-corrected chi connectivity index (χ2v) is 9.71. The third-order valence-corrected chi connectivity index (χ3v) is 6.26. The van der Waals surface area contributed by atoms with Gasteiger partial charge in [0.25, 0.3) is 5.91 Å². The van der Waals surface area contributed by atoms with Crippen LogP contribution in [0, 0.1) is 0 Å². The van der Waals surface area contributed by atoms with Crippen LogP contribution in [0.4, 0.5) is 0 Å². The van der Waals surface area contributed by atoms with Gasteiger partial charge in [-0.25, -0.2) is 13.1 Å². The summed E-state index contributed by atoms with van der Waals surface area (Å²) in [6, 6.07) is 14.1. The van der Waals surface area contributed by atoms with E-state index in [-0.39, 0.29) is 22.8 Å². The van der Waals surface area contributed by atoms with Gasteiger partial charge in [0, 0.05) is 25.2 Å². The molecule has 144 valence electrons. The predicted octanol–water partition coefficient (Wildman–Crippen LogP) is 3.31. The number of nitrogens with one attached hydrogen (secondary N) is 1. The van der Waals surface area contributed by atoms with Crippen molar-refractivity contribution in [3.05, 3.63) is 65.2 Å². The third-order valence-electron chi connectivity index (χ3n) is 4.84. The number of nitrogens with zero attached hydrogens (tertiary/aromatic N) is 1. The van der Waals surface area contributed by atoms with Crippen LogP contribution in [0.1, 0.15) is 48.7 Å². The molecule has 1 heterocycles. The summed E-state index contributed by atoms with van der Waals surface area (Å²) in [5.74, 6) is 0.0346. The number of benzene rings is 2. The highest BCUT2D eigenvalue weighted by Crippen LogP contribution is 2.23. The van der Waals surface area contributed by atoms with Crippen molar-refractivity contribution in [2.24, 2.45) is 0 Å². The summed E-state index contributed by atoms with van der Waals surface area (Å²) in [5, 5.41) is 0. The Hall–Kier alpha value is -2.18. The van der Waals surface area contributed by atoms with E-state index >= 15 is 0 Å². The van der Waals surface area contributed by atoms with E-state index in [4.69, 9.17) is 0 Å². The number of likely N-dealkylation sites (tertiary alicyclic amines) is 1. The Balaban J connectivity index is 1.63. The first-order valence-corrected chi connectivity index (χ1v) is 10.6. The average Bonchev–Trinajstić information content (AvgIpc) is 2.58. The van der Waals surface area contributed by atoms with Crippen molar-refractivity contribution < 1.29 is 13.2 Å². The molecule has 0 radical (unpaired) electrons. The number of carbonyl (C=O) groups is 1. The van der Waals surface area contributed by atoms with Crippen LogP contribution in [0.2, 0.25) is 0 Å². The van der Waals surface area contributed by atoms with Crippen molar-refractivity contribution in [1.82, 2.24) is 9.62 Å². The summed E-state index contributed by atoms with van der Waals surface area (Å²) in [4.78, 5) is 14.2. The highest BCUT2D eigenvalue weighted by molar-refractivity contribution is 7.89. The van der Waals surface area contributed by atoms with Gasteiger partial charge in [0.2, 0.25) is 10.0 Å². The zero-order chi connectivity index (χ0) is 19.7. The van der Waals surface area contributed by atoms with Gasteiger partial charge in [-0.05, 0) is 47.2 Å². The molecule has 0 bridgehead atoms. The average molecular weight is 387 g/mol. The van der Waals surface area contributed by atoms with Gasteiger partial charge in [-0.1, -0.05) is 45.0 Å². The smallest absolute Gasteiger partial charge is 0.253 e. The second kappa shape index (κ2) is 7.44. The van der Waals surface area contributed by atoms with Gasteiger partial charge in [0.15, 0.2) is 0 Å². The van der Waals surface area contributed by atoms with Crippen LogP contribution in [0.5, 0.6) is 0 Å². The lowest BCUT2D eigenvalue weighted by atomic mass is 9.87. The molecule has 1 aliphatic heterocycles. The quantitative estimate of drug-likeness (QED) is 0.857. The van der Waals surface area contributed by atoms with E-state index in [1.54, 1.807) is 41.3 Å². The lowest BCUT2D eigenvalue weighted by Crippen LogP contribution is -2.42. The monoisotopic (exact) mass is 386 g/mol. The molecular weight excluding hydrogens is 360 g/mol. The van der Waals surface area contributed by atoms with Gasteiger partial charge in [-0.2, -0.15) is 0 Å². The SMILES string of the molecule is CC(C)(C)c1ccc(S(=O)(=O)NCc2ccc(C(=O)N3CCC3)cc2)cc1. The molecule has 3 rings (SSSR count). The number of carbonyl (C=O) groups excluding carboxylic acids is 1. The Labute approximate surface area is 161 Å². The Morgan fingerprint density at radius 1 is 1.00 bits per heavy atom. The van der Waals surface area contributed by atoms with Crippen LogP contribution >= 0.6 is 0 Å². The van der Waals surface area contributed by atoms with Gasteiger partial charge in [-0.3, -0.25) is 4.79 Å². The van der Waals surface area contributed by atoms with Crippen molar-refractivity contribution in [2.45, 2.75) is 44.0 Å². The van der Waals surface area contributed by atoms with Crippen molar-refractivity contribution in [3.8, 4) is 0 Å². The Morgan fingerprint density at radius 2 is 1.59 bits per heavy atom. The minimum atomic E-state index is -3.58. The molecule has 0 aromatic heterocycles. The molecule has 2 aromatic carbocycles. The van der Waals surface area contributed by atoms with Gasteiger partial charge in [0.05, 0.1) is 4.90 Å². The molecule has 6 heteroatoms. The molecule has 5 nitrogen and oxygen atoms in total. The summed E-state index contributed by atoms with van der Waals surface area (Å²) in [6.45, 7) is 8.08. The summed E-state index contributed by atoms with van der Waals surface area (Å²) in [5.41, 5.74) is 2.51. The van der Waals surface area contributed by atoms with Crippen LogP contribution in [-0.4, -0.2) is 32.3 Å². The maximum Gasteiger partial charge on any atom is 0.253 e. The van der Waals surface area contributed by atoms with E-state index in [0.717, 1.165) is 30.6 Å². The first-order chi connectivity index (χ1) is 12.7. The number of hydrogen-bond donors (Lipinski definition) is 1. The van der Waals surface area contributed by atoms with Crippen molar-refractivity contribution >= 4 is 15.9 Å². The molecular formula is C21H26N2O3S. The lowest BCUT2D eigenvalue weighted by molar-refractivity contribution is 0.0652. The highest BCUT2D eigenvalue weighted by Gasteiger charge is 2.21. The van der Waals surface area contributed by atoms with Crippen LogP contribution in [0.25, 0.3) is 0 Å². The number of hydrogen-bond acceptors (Lipinski definition) is 3. The lowest BCUT2D eigenvalue weighted by Gasteiger charge is -2.30. The van der Waals surface area contributed by atoms with Crippen molar-refractivity contribution in [2.75, 3.05) is 13.1 Å². The van der Waals surface area contributed by atoms with Gasteiger partial charge < -0.3 is 4.90 Å². The molecule has 2 aromatic rings. The maximum atomic E-state index is 12.5. The van der Waals surface area contributed by atoms with Crippen LogP contribution in [0.15, 0.2) is 53.4 Å². The van der Waals surface area contributed by atoms with Gasteiger partial charge in [0.1, 0.15) is 0 Å². The zero-order valence-corrected chi connectivity index (χ0v) is 16.8. The molecule has 1 N–H and O–H groups in total.